The Bertz CT molecular complexity index is 298. The molecule has 0 aromatic carbocycles. The SMILES string of the molecule is CCN1CCN(C(=O)C2CC(OC)CN2)CC1C. The van der Waals surface area contributed by atoms with Crippen molar-refractivity contribution < 1.29 is 9.53 Å². The van der Waals surface area contributed by atoms with Crippen molar-refractivity contribution in [1.29, 1.82) is 0 Å². The van der Waals surface area contributed by atoms with Crippen molar-refractivity contribution in [1.82, 2.24) is 15.1 Å². The fraction of sp³-hybridized carbons (Fsp3) is 0.923. The summed E-state index contributed by atoms with van der Waals surface area (Å²) in [5.41, 5.74) is 0. The lowest BCUT2D eigenvalue weighted by atomic mass is 10.1. The predicted molar refractivity (Wildman–Crippen MR) is 70.5 cm³/mol. The quantitative estimate of drug-likeness (QED) is 0.766. The molecule has 2 aliphatic heterocycles. The van der Waals surface area contributed by atoms with Crippen LogP contribution in [0.25, 0.3) is 0 Å². The van der Waals surface area contributed by atoms with Crippen molar-refractivity contribution in [2.75, 3.05) is 39.8 Å². The number of ether oxygens (including phenoxy) is 1. The number of piperazine rings is 1. The maximum atomic E-state index is 12.4. The van der Waals surface area contributed by atoms with Crippen LogP contribution >= 0.6 is 0 Å². The summed E-state index contributed by atoms with van der Waals surface area (Å²) in [6, 6.07) is 0.419. The summed E-state index contributed by atoms with van der Waals surface area (Å²) in [7, 11) is 1.71. The van der Waals surface area contributed by atoms with Gasteiger partial charge in [0.25, 0.3) is 0 Å². The third-order valence-corrected chi connectivity index (χ3v) is 4.20. The van der Waals surface area contributed by atoms with Gasteiger partial charge in [-0.15, -0.1) is 0 Å². The van der Waals surface area contributed by atoms with E-state index in [-0.39, 0.29) is 18.1 Å². The molecule has 3 atom stereocenters. The highest BCUT2D eigenvalue weighted by atomic mass is 16.5. The molecule has 0 aromatic rings. The highest BCUT2D eigenvalue weighted by molar-refractivity contribution is 5.82. The molecule has 2 saturated heterocycles. The van der Waals surface area contributed by atoms with Crippen LogP contribution in [0.4, 0.5) is 0 Å². The smallest absolute Gasteiger partial charge is 0.239 e. The number of amides is 1. The van der Waals surface area contributed by atoms with E-state index in [1.165, 1.54) is 0 Å². The molecule has 1 N–H and O–H groups in total. The Kier molecular flexibility index (Phi) is 4.59. The minimum atomic E-state index is -0.0460. The van der Waals surface area contributed by atoms with Gasteiger partial charge >= 0.3 is 0 Å². The van der Waals surface area contributed by atoms with E-state index < -0.39 is 0 Å². The molecule has 2 fully saturated rings. The number of nitrogens with zero attached hydrogens (tertiary/aromatic N) is 2. The van der Waals surface area contributed by atoms with Crippen molar-refractivity contribution >= 4 is 5.91 Å². The van der Waals surface area contributed by atoms with Gasteiger partial charge in [0.2, 0.25) is 5.91 Å². The maximum Gasteiger partial charge on any atom is 0.239 e. The molecule has 5 heteroatoms. The van der Waals surface area contributed by atoms with E-state index in [1.807, 2.05) is 4.90 Å². The Balaban J connectivity index is 1.87. The lowest BCUT2D eigenvalue weighted by molar-refractivity contribution is -0.136. The number of likely N-dealkylation sites (N-methyl/N-ethyl adjacent to an activating group) is 1. The monoisotopic (exact) mass is 255 g/mol. The minimum Gasteiger partial charge on any atom is -0.380 e. The van der Waals surface area contributed by atoms with Gasteiger partial charge in [-0.05, 0) is 19.9 Å². The molecule has 18 heavy (non-hydrogen) atoms. The van der Waals surface area contributed by atoms with E-state index in [9.17, 15) is 4.79 Å². The summed E-state index contributed by atoms with van der Waals surface area (Å²) >= 11 is 0. The van der Waals surface area contributed by atoms with Gasteiger partial charge < -0.3 is 15.0 Å². The Morgan fingerprint density at radius 3 is 2.78 bits per heavy atom. The van der Waals surface area contributed by atoms with Crippen molar-refractivity contribution in [3.8, 4) is 0 Å². The molecule has 5 nitrogen and oxygen atoms in total. The number of carbonyl (C=O) groups excluding carboxylic acids is 1. The van der Waals surface area contributed by atoms with Gasteiger partial charge in [0.1, 0.15) is 0 Å². The molecule has 0 bridgehead atoms. The van der Waals surface area contributed by atoms with Crippen LogP contribution in [0.5, 0.6) is 0 Å². The van der Waals surface area contributed by atoms with Crippen LogP contribution < -0.4 is 5.32 Å². The Morgan fingerprint density at radius 1 is 1.44 bits per heavy atom. The zero-order chi connectivity index (χ0) is 13.1. The lowest BCUT2D eigenvalue weighted by Crippen LogP contribution is -2.56. The molecule has 0 spiro atoms. The first-order valence-corrected chi connectivity index (χ1v) is 6.94. The molecule has 104 valence electrons. The number of hydrogen-bond acceptors (Lipinski definition) is 4. The average molecular weight is 255 g/mol. The fourth-order valence-electron chi connectivity index (χ4n) is 2.96. The number of nitrogens with one attached hydrogen (secondary N) is 1. The summed E-state index contributed by atoms with van der Waals surface area (Å²) in [6.07, 6.45) is 0.992. The number of carbonyl (C=O) groups is 1. The molecule has 2 heterocycles. The van der Waals surface area contributed by atoms with E-state index in [0.29, 0.717) is 6.04 Å². The number of rotatable bonds is 3. The van der Waals surface area contributed by atoms with Crippen LogP contribution in [-0.4, -0.2) is 73.7 Å². The largest absolute Gasteiger partial charge is 0.380 e. The van der Waals surface area contributed by atoms with Crippen LogP contribution in [0.15, 0.2) is 0 Å². The van der Waals surface area contributed by atoms with Gasteiger partial charge in [0.05, 0.1) is 12.1 Å². The molecule has 2 rings (SSSR count). The first-order valence-electron chi connectivity index (χ1n) is 6.94. The van der Waals surface area contributed by atoms with Gasteiger partial charge in [-0.25, -0.2) is 0 Å². The highest BCUT2D eigenvalue weighted by Gasteiger charge is 2.34. The second-order valence-electron chi connectivity index (χ2n) is 5.32. The second-order valence-corrected chi connectivity index (χ2v) is 5.32. The zero-order valence-corrected chi connectivity index (χ0v) is 11.7. The average Bonchev–Trinajstić information content (AvgIpc) is 2.86. The van der Waals surface area contributed by atoms with Gasteiger partial charge in [0.15, 0.2) is 0 Å². The molecule has 2 aliphatic rings. The van der Waals surface area contributed by atoms with E-state index in [1.54, 1.807) is 7.11 Å². The van der Waals surface area contributed by atoms with Gasteiger partial charge in [0, 0.05) is 39.3 Å². The third kappa shape index (κ3) is 2.84. The van der Waals surface area contributed by atoms with Crippen LogP contribution in [0.2, 0.25) is 0 Å². The molecule has 0 aromatic heterocycles. The van der Waals surface area contributed by atoms with E-state index in [2.05, 4.69) is 24.1 Å². The predicted octanol–water partition coefficient (Wildman–Crippen LogP) is -0.0841. The standard InChI is InChI=1S/C13H25N3O2/c1-4-15-5-6-16(9-10(15)2)13(17)12-7-11(18-3)8-14-12/h10-12,14H,4-9H2,1-3H3. The molecule has 0 radical (unpaired) electrons. The molecule has 0 saturated carbocycles. The Hall–Kier alpha value is -0.650. The molecule has 3 unspecified atom stereocenters. The van der Waals surface area contributed by atoms with Crippen LogP contribution in [-0.2, 0) is 9.53 Å². The summed E-state index contributed by atoms with van der Waals surface area (Å²) in [6.45, 7) is 8.92. The van der Waals surface area contributed by atoms with Crippen LogP contribution in [0.3, 0.4) is 0 Å². The molecular weight excluding hydrogens is 230 g/mol. The van der Waals surface area contributed by atoms with Crippen molar-refractivity contribution in [2.45, 2.75) is 38.5 Å². The van der Waals surface area contributed by atoms with Crippen molar-refractivity contribution in [3.63, 3.8) is 0 Å². The molecular formula is C13H25N3O2. The van der Waals surface area contributed by atoms with E-state index in [4.69, 9.17) is 4.74 Å². The summed E-state index contributed by atoms with van der Waals surface area (Å²) < 4.78 is 5.29. The summed E-state index contributed by atoms with van der Waals surface area (Å²) in [5, 5.41) is 3.26. The first-order chi connectivity index (χ1) is 8.65. The third-order valence-electron chi connectivity index (χ3n) is 4.20. The minimum absolute atomic E-state index is 0.0460. The summed E-state index contributed by atoms with van der Waals surface area (Å²) in [4.78, 5) is 16.8. The normalized spacial score (nSPS) is 33.9. The van der Waals surface area contributed by atoms with Crippen molar-refractivity contribution in [3.05, 3.63) is 0 Å². The highest BCUT2D eigenvalue weighted by Crippen LogP contribution is 2.15. The lowest BCUT2D eigenvalue weighted by Gasteiger charge is -2.40. The van der Waals surface area contributed by atoms with Gasteiger partial charge in [-0.2, -0.15) is 0 Å². The Labute approximate surface area is 109 Å². The fourth-order valence-corrected chi connectivity index (χ4v) is 2.96. The van der Waals surface area contributed by atoms with E-state index >= 15 is 0 Å². The second kappa shape index (κ2) is 5.99. The molecule has 1 amide bonds. The van der Waals surface area contributed by atoms with Crippen molar-refractivity contribution in [2.24, 2.45) is 0 Å². The molecule has 0 aliphatic carbocycles. The number of methoxy groups -OCH3 is 1. The Morgan fingerprint density at radius 2 is 2.22 bits per heavy atom. The zero-order valence-electron chi connectivity index (χ0n) is 11.7. The topological polar surface area (TPSA) is 44.8 Å². The maximum absolute atomic E-state index is 12.4. The van der Waals surface area contributed by atoms with Gasteiger partial charge in [-0.1, -0.05) is 6.92 Å². The van der Waals surface area contributed by atoms with E-state index in [0.717, 1.165) is 39.1 Å². The summed E-state index contributed by atoms with van der Waals surface area (Å²) in [5.74, 6) is 0.247. The number of hydrogen-bond donors (Lipinski definition) is 1. The van der Waals surface area contributed by atoms with Crippen LogP contribution in [0.1, 0.15) is 20.3 Å². The first kappa shape index (κ1) is 13.8. The van der Waals surface area contributed by atoms with Crippen LogP contribution in [0, 0.1) is 0 Å². The van der Waals surface area contributed by atoms with Gasteiger partial charge in [-0.3, -0.25) is 9.69 Å².